The van der Waals surface area contributed by atoms with Gasteiger partial charge in [0.2, 0.25) is 0 Å². The molecule has 1 aliphatic rings. The molecular weight excluding hydrogens is 208 g/mol. The second-order valence-corrected chi connectivity index (χ2v) is 3.29. The minimum atomic E-state index is -1.75. The van der Waals surface area contributed by atoms with Gasteiger partial charge in [-0.05, 0) is 6.42 Å². The molecule has 0 amide bonds. The molecule has 0 aromatic rings. The number of hydrogen-bond donors (Lipinski definition) is 3. The summed E-state index contributed by atoms with van der Waals surface area (Å²) in [6, 6.07) is 0. The predicted octanol–water partition coefficient (Wildman–Crippen LogP) is -0.938. The number of Topliss-reactive ketones (excluding diaryl/α,β-unsaturated/α-hetero) is 1. The molecule has 1 saturated carbocycles. The Balaban J connectivity index is 3.02. The molecule has 0 spiro atoms. The summed E-state index contributed by atoms with van der Waals surface area (Å²) >= 11 is 0. The minimum absolute atomic E-state index is 0.458. The normalized spacial score (nSPS) is 30.1. The number of ketones is 1. The molecule has 0 aliphatic heterocycles. The third-order valence-corrected chi connectivity index (χ3v) is 2.42. The first-order valence-electron chi connectivity index (χ1n) is 4.08. The van der Waals surface area contributed by atoms with Gasteiger partial charge in [0.05, 0.1) is 5.92 Å². The van der Waals surface area contributed by atoms with Gasteiger partial charge in [-0.2, -0.15) is 0 Å². The first kappa shape index (κ1) is 11.2. The van der Waals surface area contributed by atoms with Gasteiger partial charge < -0.3 is 15.3 Å². The SMILES string of the molecule is O=C(O)C1CC(C(=O)O)C(C(=O)O)C1=O. The highest BCUT2D eigenvalue weighted by atomic mass is 16.4. The molecule has 15 heavy (non-hydrogen) atoms. The van der Waals surface area contributed by atoms with Crippen LogP contribution in [0.1, 0.15) is 6.42 Å². The Kier molecular flexibility index (Phi) is 2.74. The Bertz CT molecular complexity index is 345. The summed E-state index contributed by atoms with van der Waals surface area (Å²) in [5, 5.41) is 25.8. The van der Waals surface area contributed by atoms with E-state index in [2.05, 4.69) is 0 Å². The van der Waals surface area contributed by atoms with Gasteiger partial charge in [-0.3, -0.25) is 19.2 Å². The molecule has 7 heteroatoms. The lowest BCUT2D eigenvalue weighted by Crippen LogP contribution is -2.30. The van der Waals surface area contributed by atoms with Crippen molar-refractivity contribution in [2.75, 3.05) is 0 Å². The number of hydrogen-bond acceptors (Lipinski definition) is 4. The third kappa shape index (κ3) is 1.80. The number of carbonyl (C=O) groups is 4. The third-order valence-electron chi connectivity index (χ3n) is 2.42. The molecule has 3 N–H and O–H groups in total. The largest absolute Gasteiger partial charge is 0.481 e. The van der Waals surface area contributed by atoms with E-state index in [0.29, 0.717) is 0 Å². The van der Waals surface area contributed by atoms with Gasteiger partial charge in [0.1, 0.15) is 11.8 Å². The van der Waals surface area contributed by atoms with E-state index in [-0.39, 0.29) is 0 Å². The lowest BCUT2D eigenvalue weighted by molar-refractivity contribution is -0.155. The van der Waals surface area contributed by atoms with Crippen LogP contribution in [-0.4, -0.2) is 39.0 Å². The summed E-state index contributed by atoms with van der Waals surface area (Å²) in [6.07, 6.45) is -0.458. The summed E-state index contributed by atoms with van der Waals surface area (Å²) < 4.78 is 0. The van der Waals surface area contributed by atoms with Crippen molar-refractivity contribution in [3.8, 4) is 0 Å². The van der Waals surface area contributed by atoms with E-state index in [0.717, 1.165) is 0 Å². The van der Waals surface area contributed by atoms with Crippen molar-refractivity contribution in [3.63, 3.8) is 0 Å². The van der Waals surface area contributed by atoms with Crippen LogP contribution in [0.15, 0.2) is 0 Å². The van der Waals surface area contributed by atoms with Crippen LogP contribution in [-0.2, 0) is 19.2 Å². The fourth-order valence-corrected chi connectivity index (χ4v) is 1.68. The summed E-state index contributed by atoms with van der Waals surface area (Å²) in [5.41, 5.74) is 0. The van der Waals surface area contributed by atoms with Crippen LogP contribution in [0.3, 0.4) is 0 Å². The molecule has 82 valence electrons. The second kappa shape index (κ2) is 3.68. The second-order valence-electron chi connectivity index (χ2n) is 3.29. The average molecular weight is 216 g/mol. The van der Waals surface area contributed by atoms with E-state index in [1.54, 1.807) is 0 Å². The van der Waals surface area contributed by atoms with E-state index in [9.17, 15) is 19.2 Å². The molecule has 1 fully saturated rings. The highest BCUT2D eigenvalue weighted by molar-refractivity contribution is 6.11. The molecule has 1 aliphatic carbocycles. The molecule has 0 saturated heterocycles. The smallest absolute Gasteiger partial charge is 0.314 e. The minimum Gasteiger partial charge on any atom is -0.481 e. The Hall–Kier alpha value is -1.92. The molecule has 0 aromatic carbocycles. The Morgan fingerprint density at radius 1 is 1.00 bits per heavy atom. The van der Waals surface area contributed by atoms with Crippen LogP contribution in [0.25, 0.3) is 0 Å². The van der Waals surface area contributed by atoms with Gasteiger partial charge in [-0.15, -0.1) is 0 Å². The van der Waals surface area contributed by atoms with E-state index < -0.39 is 47.9 Å². The maximum Gasteiger partial charge on any atom is 0.314 e. The van der Waals surface area contributed by atoms with Crippen molar-refractivity contribution in [1.29, 1.82) is 0 Å². The van der Waals surface area contributed by atoms with E-state index >= 15 is 0 Å². The van der Waals surface area contributed by atoms with Crippen molar-refractivity contribution in [1.82, 2.24) is 0 Å². The van der Waals surface area contributed by atoms with Crippen molar-refractivity contribution in [2.24, 2.45) is 17.8 Å². The number of carboxylic acid groups (broad SMARTS) is 3. The predicted molar refractivity (Wildman–Crippen MR) is 43.0 cm³/mol. The van der Waals surface area contributed by atoms with Crippen LogP contribution < -0.4 is 0 Å². The van der Waals surface area contributed by atoms with Crippen LogP contribution in [0.4, 0.5) is 0 Å². The topological polar surface area (TPSA) is 129 Å². The van der Waals surface area contributed by atoms with Crippen molar-refractivity contribution in [2.45, 2.75) is 6.42 Å². The molecular formula is C8H8O7. The highest BCUT2D eigenvalue weighted by Gasteiger charge is 2.52. The summed E-state index contributed by atoms with van der Waals surface area (Å²) in [4.78, 5) is 43.1. The molecule has 3 atom stereocenters. The van der Waals surface area contributed by atoms with Gasteiger partial charge in [0.15, 0.2) is 5.78 Å². The van der Waals surface area contributed by atoms with E-state index in [1.165, 1.54) is 0 Å². The molecule has 0 bridgehead atoms. The van der Waals surface area contributed by atoms with Crippen molar-refractivity contribution >= 4 is 23.7 Å². The van der Waals surface area contributed by atoms with Gasteiger partial charge in [-0.1, -0.05) is 0 Å². The van der Waals surface area contributed by atoms with Crippen LogP contribution >= 0.6 is 0 Å². The lowest BCUT2D eigenvalue weighted by Gasteiger charge is -2.07. The van der Waals surface area contributed by atoms with E-state index in [4.69, 9.17) is 15.3 Å². The Labute approximate surface area is 83.3 Å². The lowest BCUT2D eigenvalue weighted by atomic mass is 9.96. The van der Waals surface area contributed by atoms with Gasteiger partial charge in [0.25, 0.3) is 0 Å². The molecule has 7 nitrogen and oxygen atoms in total. The fourth-order valence-electron chi connectivity index (χ4n) is 1.68. The number of aliphatic carboxylic acids is 3. The zero-order valence-electron chi connectivity index (χ0n) is 7.41. The number of rotatable bonds is 3. The maximum atomic E-state index is 11.3. The first-order chi connectivity index (χ1) is 6.86. The Morgan fingerprint density at radius 2 is 1.53 bits per heavy atom. The van der Waals surface area contributed by atoms with Gasteiger partial charge in [-0.25, -0.2) is 0 Å². The molecule has 0 heterocycles. The molecule has 3 unspecified atom stereocenters. The van der Waals surface area contributed by atoms with Crippen LogP contribution in [0, 0.1) is 17.8 Å². The highest BCUT2D eigenvalue weighted by Crippen LogP contribution is 2.34. The van der Waals surface area contributed by atoms with E-state index in [1.807, 2.05) is 0 Å². The van der Waals surface area contributed by atoms with Gasteiger partial charge in [0, 0.05) is 0 Å². The fraction of sp³-hybridized carbons (Fsp3) is 0.500. The zero-order valence-corrected chi connectivity index (χ0v) is 7.41. The average Bonchev–Trinajstić information content (AvgIpc) is 2.42. The van der Waals surface area contributed by atoms with Crippen molar-refractivity contribution < 1.29 is 34.5 Å². The molecule has 1 rings (SSSR count). The standard InChI is InChI=1S/C8H8O7/c9-5-3(7(12)13)1-2(6(10)11)4(5)8(14)15/h2-4H,1H2,(H,10,11)(H,12,13)(H,14,15). The maximum absolute atomic E-state index is 11.3. The monoisotopic (exact) mass is 216 g/mol. The molecule has 0 aromatic heterocycles. The summed E-state index contributed by atoms with van der Waals surface area (Å²) in [7, 11) is 0. The number of carboxylic acids is 3. The first-order valence-corrected chi connectivity index (χ1v) is 4.08. The quantitative estimate of drug-likeness (QED) is 0.519. The summed E-state index contributed by atoms with van der Waals surface area (Å²) in [5.74, 6) is -10.3. The Morgan fingerprint density at radius 3 is 1.80 bits per heavy atom. The summed E-state index contributed by atoms with van der Waals surface area (Å²) in [6.45, 7) is 0. The molecule has 0 radical (unpaired) electrons. The van der Waals surface area contributed by atoms with Crippen LogP contribution in [0.5, 0.6) is 0 Å². The van der Waals surface area contributed by atoms with Crippen LogP contribution in [0.2, 0.25) is 0 Å². The number of carbonyl (C=O) groups excluding carboxylic acids is 1. The van der Waals surface area contributed by atoms with Crippen molar-refractivity contribution in [3.05, 3.63) is 0 Å². The van der Waals surface area contributed by atoms with Gasteiger partial charge >= 0.3 is 17.9 Å². The zero-order chi connectivity index (χ0) is 11.7.